The van der Waals surface area contributed by atoms with Gasteiger partial charge in [-0.15, -0.1) is 11.8 Å². The zero-order valence-corrected chi connectivity index (χ0v) is 10.0. The molecule has 1 aromatic carbocycles. The standard InChI is InChI=1S/C9H9BrClNS/c10-6-1-2-7(8(11)5-6)9-12-3-4-13-9/h1-2,5,9,12H,3-4H2. The first-order chi connectivity index (χ1) is 6.27. The van der Waals surface area contributed by atoms with Gasteiger partial charge in [0.25, 0.3) is 0 Å². The van der Waals surface area contributed by atoms with Gasteiger partial charge in [-0.3, -0.25) is 0 Å². The van der Waals surface area contributed by atoms with Crippen molar-refractivity contribution in [1.29, 1.82) is 0 Å². The summed E-state index contributed by atoms with van der Waals surface area (Å²) in [5.74, 6) is 1.16. The molecule has 1 aromatic rings. The second-order valence-corrected chi connectivity index (χ2v) is 5.41. The Bertz CT molecular complexity index is 312. The first kappa shape index (κ1) is 9.84. The number of hydrogen-bond donors (Lipinski definition) is 1. The van der Waals surface area contributed by atoms with Crippen molar-refractivity contribution in [2.45, 2.75) is 5.37 Å². The molecule has 0 aliphatic carbocycles. The van der Waals surface area contributed by atoms with E-state index < -0.39 is 0 Å². The highest BCUT2D eigenvalue weighted by atomic mass is 79.9. The van der Waals surface area contributed by atoms with Gasteiger partial charge in [0.2, 0.25) is 0 Å². The highest BCUT2D eigenvalue weighted by Gasteiger charge is 2.18. The van der Waals surface area contributed by atoms with Gasteiger partial charge < -0.3 is 5.32 Å². The molecule has 4 heteroatoms. The Morgan fingerprint density at radius 3 is 3.00 bits per heavy atom. The first-order valence-corrected chi connectivity index (χ1v) is 6.29. The van der Waals surface area contributed by atoms with Gasteiger partial charge in [-0.2, -0.15) is 0 Å². The Balaban J connectivity index is 2.29. The highest BCUT2D eigenvalue weighted by Crippen LogP contribution is 2.35. The van der Waals surface area contributed by atoms with E-state index in [0.717, 1.165) is 21.8 Å². The van der Waals surface area contributed by atoms with Crippen LogP contribution >= 0.6 is 39.3 Å². The molecule has 1 saturated heterocycles. The van der Waals surface area contributed by atoms with Crippen LogP contribution in [0.15, 0.2) is 22.7 Å². The molecule has 1 fully saturated rings. The molecule has 2 rings (SSSR count). The van der Waals surface area contributed by atoms with E-state index in [0.29, 0.717) is 5.37 Å². The maximum Gasteiger partial charge on any atom is 0.0804 e. The lowest BCUT2D eigenvalue weighted by Crippen LogP contribution is -2.12. The predicted octanol–water partition coefficient (Wildman–Crippen LogP) is 3.44. The first-order valence-electron chi connectivity index (χ1n) is 4.07. The van der Waals surface area contributed by atoms with Crippen LogP contribution in [0.2, 0.25) is 5.02 Å². The van der Waals surface area contributed by atoms with Crippen molar-refractivity contribution >= 4 is 39.3 Å². The predicted molar refractivity (Wildman–Crippen MR) is 62.4 cm³/mol. The molecule has 13 heavy (non-hydrogen) atoms. The van der Waals surface area contributed by atoms with Crippen molar-refractivity contribution in [3.05, 3.63) is 33.3 Å². The van der Waals surface area contributed by atoms with Crippen LogP contribution in [0.3, 0.4) is 0 Å². The van der Waals surface area contributed by atoms with Gasteiger partial charge >= 0.3 is 0 Å². The van der Waals surface area contributed by atoms with E-state index in [1.165, 1.54) is 5.56 Å². The summed E-state index contributed by atoms with van der Waals surface area (Å²) in [4.78, 5) is 0. The quantitative estimate of drug-likeness (QED) is 0.844. The normalized spacial score (nSPS) is 22.2. The van der Waals surface area contributed by atoms with Gasteiger partial charge in [0, 0.05) is 21.8 Å². The third-order valence-electron chi connectivity index (χ3n) is 1.96. The minimum Gasteiger partial charge on any atom is -0.301 e. The van der Waals surface area contributed by atoms with Crippen LogP contribution in [-0.2, 0) is 0 Å². The van der Waals surface area contributed by atoms with Gasteiger partial charge in [-0.1, -0.05) is 33.6 Å². The number of nitrogens with one attached hydrogen (secondary N) is 1. The summed E-state index contributed by atoms with van der Waals surface area (Å²) in [6.07, 6.45) is 0. The Hall–Kier alpha value is 0.300. The smallest absolute Gasteiger partial charge is 0.0804 e. The number of hydrogen-bond acceptors (Lipinski definition) is 2. The molecule has 1 aliphatic rings. The SMILES string of the molecule is Clc1cc(Br)ccc1C1NCCS1. The summed E-state index contributed by atoms with van der Waals surface area (Å²) in [7, 11) is 0. The van der Waals surface area contributed by atoms with Gasteiger partial charge in [0.1, 0.15) is 0 Å². The fourth-order valence-corrected chi connectivity index (χ4v) is 3.28. The summed E-state index contributed by atoms with van der Waals surface area (Å²) >= 11 is 11.4. The van der Waals surface area contributed by atoms with E-state index >= 15 is 0 Å². The van der Waals surface area contributed by atoms with Crippen molar-refractivity contribution in [3.8, 4) is 0 Å². The van der Waals surface area contributed by atoms with Gasteiger partial charge in [0.15, 0.2) is 0 Å². The third kappa shape index (κ3) is 2.21. The highest BCUT2D eigenvalue weighted by molar-refractivity contribution is 9.10. The molecule has 1 N–H and O–H groups in total. The zero-order valence-electron chi connectivity index (χ0n) is 6.89. The monoisotopic (exact) mass is 277 g/mol. The van der Waals surface area contributed by atoms with Gasteiger partial charge in [-0.25, -0.2) is 0 Å². The molecular formula is C9H9BrClNS. The van der Waals surface area contributed by atoms with Gasteiger partial charge in [-0.05, 0) is 17.7 Å². The fourth-order valence-electron chi connectivity index (χ4n) is 1.34. The molecule has 1 heterocycles. The van der Waals surface area contributed by atoms with Crippen molar-refractivity contribution < 1.29 is 0 Å². The van der Waals surface area contributed by atoms with Crippen LogP contribution in [-0.4, -0.2) is 12.3 Å². The van der Waals surface area contributed by atoms with Crippen LogP contribution < -0.4 is 5.32 Å². The average molecular weight is 279 g/mol. The average Bonchev–Trinajstić information content (AvgIpc) is 2.56. The maximum absolute atomic E-state index is 6.13. The van der Waals surface area contributed by atoms with E-state index in [-0.39, 0.29) is 0 Å². The second-order valence-electron chi connectivity index (χ2n) is 2.87. The minimum absolute atomic E-state index is 0.376. The summed E-state index contributed by atoms with van der Waals surface area (Å²) in [5, 5.41) is 4.61. The number of halogens is 2. The van der Waals surface area contributed by atoms with Crippen molar-refractivity contribution in [1.82, 2.24) is 5.32 Å². The molecular weight excluding hydrogens is 270 g/mol. The molecule has 70 valence electrons. The Labute approximate surface area is 95.4 Å². The van der Waals surface area contributed by atoms with Crippen molar-refractivity contribution in [2.24, 2.45) is 0 Å². The van der Waals surface area contributed by atoms with Gasteiger partial charge in [0.05, 0.1) is 5.37 Å². The largest absolute Gasteiger partial charge is 0.301 e. The Kier molecular flexibility index (Phi) is 3.19. The molecule has 0 amide bonds. The van der Waals surface area contributed by atoms with Crippen LogP contribution in [0.25, 0.3) is 0 Å². The van der Waals surface area contributed by atoms with E-state index in [4.69, 9.17) is 11.6 Å². The summed E-state index contributed by atoms with van der Waals surface area (Å²) in [5.41, 5.74) is 1.19. The number of rotatable bonds is 1. The van der Waals surface area contributed by atoms with Crippen LogP contribution in [0.1, 0.15) is 10.9 Å². The van der Waals surface area contributed by atoms with E-state index in [2.05, 4.69) is 27.3 Å². The number of benzene rings is 1. The second kappa shape index (κ2) is 4.22. The summed E-state index contributed by atoms with van der Waals surface area (Å²) in [6, 6.07) is 6.04. The summed E-state index contributed by atoms with van der Waals surface area (Å²) < 4.78 is 1.03. The molecule has 1 atom stereocenters. The Morgan fingerprint density at radius 2 is 2.38 bits per heavy atom. The Morgan fingerprint density at radius 1 is 1.54 bits per heavy atom. The lowest BCUT2D eigenvalue weighted by atomic mass is 10.2. The van der Waals surface area contributed by atoms with Crippen LogP contribution in [0, 0.1) is 0 Å². The van der Waals surface area contributed by atoms with E-state index in [1.54, 1.807) is 0 Å². The topological polar surface area (TPSA) is 12.0 Å². The lowest BCUT2D eigenvalue weighted by Gasteiger charge is -2.11. The molecule has 0 bridgehead atoms. The maximum atomic E-state index is 6.13. The lowest BCUT2D eigenvalue weighted by molar-refractivity contribution is 0.751. The van der Waals surface area contributed by atoms with Crippen LogP contribution in [0.4, 0.5) is 0 Å². The molecule has 0 spiro atoms. The zero-order chi connectivity index (χ0) is 9.26. The third-order valence-corrected chi connectivity index (χ3v) is 3.98. The van der Waals surface area contributed by atoms with Crippen molar-refractivity contribution in [2.75, 3.05) is 12.3 Å². The van der Waals surface area contributed by atoms with E-state index in [9.17, 15) is 0 Å². The molecule has 1 unspecified atom stereocenters. The van der Waals surface area contributed by atoms with Crippen molar-refractivity contribution in [3.63, 3.8) is 0 Å². The molecule has 1 nitrogen and oxygen atoms in total. The molecule has 0 radical (unpaired) electrons. The number of thioether (sulfide) groups is 1. The van der Waals surface area contributed by atoms with E-state index in [1.807, 2.05) is 23.9 Å². The molecule has 0 aromatic heterocycles. The molecule has 0 saturated carbocycles. The fraction of sp³-hybridized carbons (Fsp3) is 0.333. The minimum atomic E-state index is 0.376. The molecule has 1 aliphatic heterocycles. The summed E-state index contributed by atoms with van der Waals surface area (Å²) in [6.45, 7) is 1.07. The van der Waals surface area contributed by atoms with Crippen LogP contribution in [0.5, 0.6) is 0 Å².